The van der Waals surface area contributed by atoms with Crippen molar-refractivity contribution in [1.82, 2.24) is 0 Å². The van der Waals surface area contributed by atoms with Gasteiger partial charge in [-0.15, -0.1) is 0 Å². The van der Waals surface area contributed by atoms with E-state index in [0.717, 1.165) is 11.1 Å². The SMILES string of the molecule is Cc1cc(Cl)cc(CS(=O)(=O)Cl)c1C. The first-order valence-corrected chi connectivity index (χ1v) is 6.83. The number of hydrogen-bond donors (Lipinski definition) is 0. The zero-order valence-corrected chi connectivity index (χ0v) is 10.2. The van der Waals surface area contributed by atoms with E-state index in [4.69, 9.17) is 22.3 Å². The average Bonchev–Trinajstić information content (AvgIpc) is 1.96. The Kier molecular flexibility index (Phi) is 3.45. The molecule has 0 saturated carbocycles. The summed E-state index contributed by atoms with van der Waals surface area (Å²) in [6, 6.07) is 3.42. The number of hydrogen-bond acceptors (Lipinski definition) is 2. The van der Waals surface area contributed by atoms with Crippen molar-refractivity contribution in [3.63, 3.8) is 0 Å². The van der Waals surface area contributed by atoms with Gasteiger partial charge < -0.3 is 0 Å². The maximum Gasteiger partial charge on any atom is 0.236 e. The average molecular weight is 253 g/mol. The van der Waals surface area contributed by atoms with Crippen molar-refractivity contribution in [2.24, 2.45) is 0 Å². The molecule has 0 saturated heterocycles. The lowest BCUT2D eigenvalue weighted by Gasteiger charge is -2.07. The molecule has 0 unspecified atom stereocenters. The fourth-order valence-corrected chi connectivity index (χ4v) is 2.54. The molecule has 0 heterocycles. The van der Waals surface area contributed by atoms with Gasteiger partial charge in [0.15, 0.2) is 0 Å². The van der Waals surface area contributed by atoms with Gasteiger partial charge in [-0.1, -0.05) is 11.6 Å². The van der Waals surface area contributed by atoms with Crippen LogP contribution in [0.1, 0.15) is 16.7 Å². The van der Waals surface area contributed by atoms with Crippen molar-refractivity contribution in [2.75, 3.05) is 0 Å². The van der Waals surface area contributed by atoms with Crippen LogP contribution < -0.4 is 0 Å². The van der Waals surface area contributed by atoms with Crippen LogP contribution in [0.5, 0.6) is 0 Å². The lowest BCUT2D eigenvalue weighted by atomic mass is 10.1. The Labute approximate surface area is 93.3 Å². The molecule has 0 spiro atoms. The van der Waals surface area contributed by atoms with Gasteiger partial charge in [0, 0.05) is 15.7 Å². The molecule has 0 radical (unpaired) electrons. The van der Waals surface area contributed by atoms with E-state index in [9.17, 15) is 8.42 Å². The summed E-state index contributed by atoms with van der Waals surface area (Å²) in [6.45, 7) is 3.73. The minimum atomic E-state index is -3.52. The Hall–Kier alpha value is -0.250. The highest BCUT2D eigenvalue weighted by molar-refractivity contribution is 8.13. The normalized spacial score (nSPS) is 11.7. The monoisotopic (exact) mass is 252 g/mol. The molecule has 1 rings (SSSR count). The smallest absolute Gasteiger partial charge is 0.212 e. The van der Waals surface area contributed by atoms with Crippen LogP contribution >= 0.6 is 22.3 Å². The van der Waals surface area contributed by atoms with Gasteiger partial charge >= 0.3 is 0 Å². The van der Waals surface area contributed by atoms with Gasteiger partial charge in [-0.25, -0.2) is 8.42 Å². The van der Waals surface area contributed by atoms with Crippen LogP contribution in [0, 0.1) is 13.8 Å². The predicted molar refractivity (Wildman–Crippen MR) is 59.4 cm³/mol. The van der Waals surface area contributed by atoms with Gasteiger partial charge in [0.1, 0.15) is 0 Å². The zero-order valence-electron chi connectivity index (χ0n) is 7.84. The van der Waals surface area contributed by atoms with Gasteiger partial charge in [-0.3, -0.25) is 0 Å². The summed E-state index contributed by atoms with van der Waals surface area (Å²) in [6.07, 6.45) is 0. The van der Waals surface area contributed by atoms with Crippen molar-refractivity contribution in [3.8, 4) is 0 Å². The lowest BCUT2D eigenvalue weighted by molar-refractivity contribution is 0.608. The van der Waals surface area contributed by atoms with Crippen LogP contribution in [0.25, 0.3) is 0 Å². The van der Waals surface area contributed by atoms with E-state index in [0.29, 0.717) is 10.6 Å². The third-order valence-corrected chi connectivity index (χ3v) is 3.27. The molecule has 0 aromatic heterocycles. The molecule has 0 amide bonds. The largest absolute Gasteiger partial charge is 0.236 e. The molecule has 0 aliphatic carbocycles. The fourth-order valence-electron chi connectivity index (χ4n) is 1.22. The molecule has 0 N–H and O–H groups in total. The second kappa shape index (κ2) is 4.09. The van der Waals surface area contributed by atoms with E-state index in [1.54, 1.807) is 12.1 Å². The Morgan fingerprint density at radius 3 is 2.36 bits per heavy atom. The molecule has 2 nitrogen and oxygen atoms in total. The Bertz CT molecular complexity index is 452. The molecule has 1 aromatic rings. The van der Waals surface area contributed by atoms with Crippen LogP contribution in [0.2, 0.25) is 5.02 Å². The molecule has 0 atom stereocenters. The second-order valence-electron chi connectivity index (χ2n) is 3.19. The fraction of sp³-hybridized carbons (Fsp3) is 0.333. The number of benzene rings is 1. The van der Waals surface area contributed by atoms with Gasteiger partial charge in [0.2, 0.25) is 9.05 Å². The van der Waals surface area contributed by atoms with Crippen LogP contribution in [0.3, 0.4) is 0 Å². The highest BCUT2D eigenvalue weighted by Crippen LogP contribution is 2.22. The standard InChI is InChI=1S/C9H10Cl2O2S/c1-6-3-9(10)4-8(7(6)2)5-14(11,12)13/h3-4H,5H2,1-2H3. The minimum Gasteiger partial charge on any atom is -0.212 e. The number of aryl methyl sites for hydroxylation is 1. The summed E-state index contributed by atoms with van der Waals surface area (Å²) in [7, 11) is 1.65. The molecule has 1 aromatic carbocycles. The quantitative estimate of drug-likeness (QED) is 0.759. The van der Waals surface area contributed by atoms with Gasteiger partial charge in [-0.2, -0.15) is 0 Å². The predicted octanol–water partition coefficient (Wildman–Crippen LogP) is 3.03. The molecule has 0 bridgehead atoms. The Morgan fingerprint density at radius 1 is 1.29 bits per heavy atom. The van der Waals surface area contributed by atoms with E-state index in [-0.39, 0.29) is 5.75 Å². The van der Waals surface area contributed by atoms with Crippen molar-refractivity contribution in [3.05, 3.63) is 33.8 Å². The van der Waals surface area contributed by atoms with Crippen LogP contribution in [0.15, 0.2) is 12.1 Å². The highest BCUT2D eigenvalue weighted by Gasteiger charge is 2.11. The summed E-state index contributed by atoms with van der Waals surface area (Å²) < 4.78 is 21.8. The van der Waals surface area contributed by atoms with E-state index in [2.05, 4.69) is 0 Å². The third kappa shape index (κ3) is 3.15. The minimum absolute atomic E-state index is 0.179. The highest BCUT2D eigenvalue weighted by atomic mass is 35.7. The van der Waals surface area contributed by atoms with E-state index < -0.39 is 9.05 Å². The van der Waals surface area contributed by atoms with Crippen LogP contribution in [-0.2, 0) is 14.8 Å². The Morgan fingerprint density at radius 2 is 1.86 bits per heavy atom. The van der Waals surface area contributed by atoms with E-state index in [1.807, 2.05) is 13.8 Å². The molecule has 0 aliphatic heterocycles. The first-order valence-electron chi connectivity index (χ1n) is 3.97. The van der Waals surface area contributed by atoms with E-state index in [1.165, 1.54) is 0 Å². The van der Waals surface area contributed by atoms with Crippen molar-refractivity contribution < 1.29 is 8.42 Å². The summed E-state index contributed by atoms with van der Waals surface area (Å²) >= 11 is 5.81. The first-order chi connectivity index (χ1) is 6.29. The molecular weight excluding hydrogens is 243 g/mol. The van der Waals surface area contributed by atoms with Gasteiger partial charge in [0.05, 0.1) is 5.75 Å². The van der Waals surface area contributed by atoms with Gasteiger partial charge in [0.25, 0.3) is 0 Å². The third-order valence-electron chi connectivity index (χ3n) is 2.07. The maximum absolute atomic E-state index is 10.9. The van der Waals surface area contributed by atoms with Crippen LogP contribution in [0.4, 0.5) is 0 Å². The first kappa shape index (κ1) is 11.8. The Balaban J connectivity index is 3.22. The summed E-state index contributed by atoms with van der Waals surface area (Å²) in [5.41, 5.74) is 2.54. The second-order valence-corrected chi connectivity index (χ2v) is 6.40. The summed E-state index contributed by atoms with van der Waals surface area (Å²) in [5, 5.41) is 0.531. The molecule has 14 heavy (non-hydrogen) atoms. The number of halogens is 2. The van der Waals surface area contributed by atoms with Crippen molar-refractivity contribution >= 4 is 31.3 Å². The topological polar surface area (TPSA) is 34.1 Å². The molecular formula is C9H10Cl2O2S. The zero-order chi connectivity index (χ0) is 10.9. The molecule has 5 heteroatoms. The van der Waals surface area contributed by atoms with Crippen molar-refractivity contribution in [2.45, 2.75) is 19.6 Å². The van der Waals surface area contributed by atoms with Crippen LogP contribution in [-0.4, -0.2) is 8.42 Å². The lowest BCUT2D eigenvalue weighted by Crippen LogP contribution is -1.99. The number of rotatable bonds is 2. The molecule has 0 fully saturated rings. The van der Waals surface area contributed by atoms with Crippen molar-refractivity contribution in [1.29, 1.82) is 0 Å². The maximum atomic E-state index is 10.9. The molecule has 0 aliphatic rings. The molecule has 78 valence electrons. The van der Waals surface area contributed by atoms with Gasteiger partial charge in [-0.05, 0) is 42.7 Å². The van der Waals surface area contributed by atoms with E-state index >= 15 is 0 Å². The summed E-state index contributed by atoms with van der Waals surface area (Å²) in [5.74, 6) is -0.179. The summed E-state index contributed by atoms with van der Waals surface area (Å²) in [4.78, 5) is 0.